The maximum absolute atomic E-state index is 12.5. The first-order valence-corrected chi connectivity index (χ1v) is 5.97. The van der Waals surface area contributed by atoms with E-state index < -0.39 is 11.9 Å². The first-order chi connectivity index (χ1) is 8.88. The molecule has 4 nitrogen and oxygen atoms in total. The minimum atomic E-state index is -4.44. The van der Waals surface area contributed by atoms with Crippen LogP contribution in [-0.2, 0) is 6.18 Å². The van der Waals surface area contributed by atoms with Crippen LogP contribution in [0.15, 0.2) is 12.1 Å². The van der Waals surface area contributed by atoms with Gasteiger partial charge in [0.1, 0.15) is 12.3 Å². The Hall–Kier alpha value is -1.34. The molecule has 19 heavy (non-hydrogen) atoms. The van der Waals surface area contributed by atoms with Crippen molar-refractivity contribution < 1.29 is 17.9 Å². The van der Waals surface area contributed by atoms with Gasteiger partial charge in [-0.25, -0.2) is 4.98 Å². The number of hydrogen-bond acceptors (Lipinski definition) is 4. The van der Waals surface area contributed by atoms with Gasteiger partial charge >= 0.3 is 6.18 Å². The minimum Gasteiger partial charge on any atom is -0.475 e. The largest absolute Gasteiger partial charge is 0.475 e. The lowest BCUT2D eigenvalue weighted by Crippen LogP contribution is -2.30. The van der Waals surface area contributed by atoms with Crippen LogP contribution in [-0.4, -0.2) is 43.7 Å². The number of fused-ring (bicyclic) bond motifs is 1. The maximum atomic E-state index is 12.5. The van der Waals surface area contributed by atoms with E-state index in [2.05, 4.69) is 10.3 Å². The van der Waals surface area contributed by atoms with Crippen LogP contribution in [0.4, 0.5) is 13.2 Å². The molecule has 2 rings (SSSR count). The zero-order valence-corrected chi connectivity index (χ0v) is 10.8. The van der Waals surface area contributed by atoms with E-state index in [1.54, 1.807) is 0 Å². The Morgan fingerprint density at radius 2 is 2.16 bits per heavy atom. The highest BCUT2D eigenvalue weighted by atomic mass is 19.4. The van der Waals surface area contributed by atoms with Gasteiger partial charge in [0, 0.05) is 18.7 Å². The standard InChI is InChI=1S/C12H16F3N3O/c1-18(2)6-5-16-9-7-19-11-8(9)3-4-10(17-11)12(13,14)15/h3-4,9,16H,5-7H2,1-2H3. The fourth-order valence-corrected chi connectivity index (χ4v) is 1.87. The molecule has 0 aliphatic carbocycles. The van der Waals surface area contributed by atoms with Crippen LogP contribution in [0.2, 0.25) is 0 Å². The van der Waals surface area contributed by atoms with Crippen LogP contribution in [0.1, 0.15) is 17.3 Å². The van der Waals surface area contributed by atoms with Gasteiger partial charge in [-0.1, -0.05) is 0 Å². The molecule has 1 aliphatic rings. The number of rotatable bonds is 4. The summed E-state index contributed by atoms with van der Waals surface area (Å²) >= 11 is 0. The van der Waals surface area contributed by atoms with E-state index in [4.69, 9.17) is 4.74 Å². The molecular formula is C12H16F3N3O. The van der Waals surface area contributed by atoms with Crippen LogP contribution in [0, 0.1) is 0 Å². The Morgan fingerprint density at radius 3 is 2.79 bits per heavy atom. The van der Waals surface area contributed by atoms with Gasteiger partial charge in [-0.2, -0.15) is 13.2 Å². The van der Waals surface area contributed by atoms with Crippen LogP contribution in [0.3, 0.4) is 0 Å². The Labute approximate surface area is 109 Å². The van der Waals surface area contributed by atoms with E-state index in [0.29, 0.717) is 12.2 Å². The number of alkyl halides is 3. The first-order valence-electron chi connectivity index (χ1n) is 5.97. The molecule has 0 fully saturated rings. The molecule has 1 N–H and O–H groups in total. The Bertz CT molecular complexity index is 448. The number of hydrogen-bond donors (Lipinski definition) is 1. The van der Waals surface area contributed by atoms with Gasteiger partial charge in [-0.15, -0.1) is 0 Å². The summed E-state index contributed by atoms with van der Waals surface area (Å²) in [5.41, 5.74) is -0.230. The van der Waals surface area contributed by atoms with Crippen molar-refractivity contribution in [1.82, 2.24) is 15.2 Å². The fraction of sp³-hybridized carbons (Fsp3) is 0.583. The molecule has 0 aromatic carbocycles. The predicted octanol–water partition coefficient (Wildman–Crippen LogP) is 1.69. The van der Waals surface area contributed by atoms with Crippen molar-refractivity contribution >= 4 is 0 Å². The van der Waals surface area contributed by atoms with Gasteiger partial charge < -0.3 is 15.0 Å². The average Bonchev–Trinajstić information content (AvgIpc) is 2.70. The SMILES string of the molecule is CN(C)CCNC1COc2nc(C(F)(F)F)ccc21. The summed E-state index contributed by atoms with van der Waals surface area (Å²) in [5, 5.41) is 3.24. The molecular weight excluding hydrogens is 259 g/mol. The molecule has 0 bridgehead atoms. The normalized spacial score (nSPS) is 18.5. The van der Waals surface area contributed by atoms with Gasteiger partial charge in [0.2, 0.25) is 5.88 Å². The number of nitrogens with zero attached hydrogens (tertiary/aromatic N) is 2. The summed E-state index contributed by atoms with van der Waals surface area (Å²) in [4.78, 5) is 5.54. The molecule has 1 aromatic rings. The first kappa shape index (κ1) is 14.1. The van der Waals surface area contributed by atoms with E-state index in [1.807, 2.05) is 19.0 Å². The number of nitrogens with one attached hydrogen (secondary N) is 1. The summed E-state index contributed by atoms with van der Waals surface area (Å²) < 4.78 is 42.7. The highest BCUT2D eigenvalue weighted by Gasteiger charge is 2.35. The van der Waals surface area contributed by atoms with Crippen molar-refractivity contribution in [1.29, 1.82) is 0 Å². The Morgan fingerprint density at radius 1 is 1.42 bits per heavy atom. The summed E-state index contributed by atoms with van der Waals surface area (Å²) in [6.45, 7) is 1.90. The van der Waals surface area contributed by atoms with Crippen LogP contribution < -0.4 is 10.1 Å². The van der Waals surface area contributed by atoms with Crippen molar-refractivity contribution in [2.75, 3.05) is 33.8 Å². The number of aromatic nitrogens is 1. The van der Waals surface area contributed by atoms with E-state index >= 15 is 0 Å². The van der Waals surface area contributed by atoms with Gasteiger partial charge in [-0.05, 0) is 26.2 Å². The zero-order chi connectivity index (χ0) is 14.0. The van der Waals surface area contributed by atoms with Gasteiger partial charge in [0.15, 0.2) is 0 Å². The lowest BCUT2D eigenvalue weighted by Gasteiger charge is -2.14. The van der Waals surface area contributed by atoms with Crippen molar-refractivity contribution in [3.63, 3.8) is 0 Å². The zero-order valence-electron chi connectivity index (χ0n) is 10.8. The Balaban J connectivity index is 2.05. The molecule has 1 aliphatic heterocycles. The number of halogens is 3. The van der Waals surface area contributed by atoms with Crippen molar-refractivity contribution in [2.24, 2.45) is 0 Å². The molecule has 106 valence electrons. The number of likely N-dealkylation sites (N-methyl/N-ethyl adjacent to an activating group) is 1. The van der Waals surface area contributed by atoms with Crippen LogP contribution in [0.5, 0.6) is 5.88 Å². The molecule has 2 heterocycles. The molecule has 7 heteroatoms. The van der Waals surface area contributed by atoms with E-state index in [-0.39, 0.29) is 11.9 Å². The molecule has 0 saturated carbocycles. The van der Waals surface area contributed by atoms with Crippen molar-refractivity contribution in [3.8, 4) is 5.88 Å². The van der Waals surface area contributed by atoms with Crippen molar-refractivity contribution in [2.45, 2.75) is 12.2 Å². The maximum Gasteiger partial charge on any atom is 0.433 e. The van der Waals surface area contributed by atoms with Crippen LogP contribution >= 0.6 is 0 Å². The van der Waals surface area contributed by atoms with E-state index in [1.165, 1.54) is 6.07 Å². The summed E-state index contributed by atoms with van der Waals surface area (Å²) in [6, 6.07) is 2.34. The highest BCUT2D eigenvalue weighted by Crippen LogP contribution is 2.35. The second-order valence-corrected chi connectivity index (χ2v) is 4.71. The number of ether oxygens (including phenoxy) is 1. The van der Waals surface area contributed by atoms with Gasteiger partial charge in [0.25, 0.3) is 0 Å². The third-order valence-electron chi connectivity index (χ3n) is 2.89. The lowest BCUT2D eigenvalue weighted by atomic mass is 10.1. The third-order valence-corrected chi connectivity index (χ3v) is 2.89. The van der Waals surface area contributed by atoms with Gasteiger partial charge in [0.05, 0.1) is 6.04 Å². The molecule has 1 aromatic heterocycles. The number of pyridine rings is 1. The highest BCUT2D eigenvalue weighted by molar-refractivity contribution is 5.35. The van der Waals surface area contributed by atoms with Crippen molar-refractivity contribution in [3.05, 3.63) is 23.4 Å². The fourth-order valence-electron chi connectivity index (χ4n) is 1.87. The minimum absolute atomic E-state index is 0.0807. The lowest BCUT2D eigenvalue weighted by molar-refractivity contribution is -0.141. The molecule has 1 atom stereocenters. The summed E-state index contributed by atoms with van der Waals surface area (Å²) in [7, 11) is 3.91. The topological polar surface area (TPSA) is 37.4 Å². The molecule has 0 saturated heterocycles. The summed E-state index contributed by atoms with van der Waals surface area (Å²) in [6.07, 6.45) is -4.44. The van der Waals surface area contributed by atoms with E-state index in [9.17, 15) is 13.2 Å². The molecule has 0 spiro atoms. The second-order valence-electron chi connectivity index (χ2n) is 4.71. The van der Waals surface area contributed by atoms with E-state index in [0.717, 1.165) is 19.2 Å². The molecule has 1 unspecified atom stereocenters. The third kappa shape index (κ3) is 3.36. The molecule has 0 radical (unpaired) electrons. The second kappa shape index (κ2) is 5.34. The average molecular weight is 275 g/mol. The molecule has 0 amide bonds. The summed E-state index contributed by atoms with van der Waals surface area (Å²) in [5.74, 6) is 0.0807. The Kier molecular flexibility index (Phi) is 3.96. The quantitative estimate of drug-likeness (QED) is 0.907. The van der Waals surface area contributed by atoms with Crippen LogP contribution in [0.25, 0.3) is 0 Å². The monoisotopic (exact) mass is 275 g/mol. The van der Waals surface area contributed by atoms with Gasteiger partial charge in [-0.3, -0.25) is 0 Å². The smallest absolute Gasteiger partial charge is 0.433 e. The predicted molar refractivity (Wildman–Crippen MR) is 64.0 cm³/mol.